The molecule has 24 heavy (non-hydrogen) atoms. The molecule has 128 valence electrons. The molecule has 0 heterocycles. The first kappa shape index (κ1) is 17.8. The minimum absolute atomic E-state index is 0.0794. The molecule has 0 radical (unpaired) electrons. The molecule has 0 saturated carbocycles. The van der Waals surface area contributed by atoms with Crippen LogP contribution in [0, 0.1) is 20.8 Å². The summed E-state index contributed by atoms with van der Waals surface area (Å²) in [6.07, 6.45) is -4.45. The van der Waals surface area contributed by atoms with E-state index in [0.29, 0.717) is 5.75 Å². The van der Waals surface area contributed by atoms with Gasteiger partial charge in [0.25, 0.3) is 5.91 Å². The third-order valence-corrected chi connectivity index (χ3v) is 3.43. The number of ether oxygens (including phenoxy) is 1. The highest BCUT2D eigenvalue weighted by atomic mass is 19.4. The summed E-state index contributed by atoms with van der Waals surface area (Å²) in [5, 5.41) is 2.41. The van der Waals surface area contributed by atoms with Crippen molar-refractivity contribution in [2.75, 3.05) is 11.9 Å². The molecule has 3 nitrogen and oxygen atoms in total. The van der Waals surface area contributed by atoms with Crippen molar-refractivity contribution in [3.8, 4) is 5.75 Å². The maximum absolute atomic E-state index is 12.7. The van der Waals surface area contributed by atoms with E-state index in [-0.39, 0.29) is 12.3 Å². The fraction of sp³-hybridized carbons (Fsp3) is 0.278. The Bertz CT molecular complexity index is 731. The second-order valence-electron chi connectivity index (χ2n) is 5.64. The van der Waals surface area contributed by atoms with Crippen molar-refractivity contribution in [3.63, 3.8) is 0 Å². The Hall–Kier alpha value is -2.50. The first-order valence-corrected chi connectivity index (χ1v) is 7.34. The Morgan fingerprint density at radius 3 is 2.29 bits per heavy atom. The fourth-order valence-electron chi connectivity index (χ4n) is 2.50. The number of aryl methyl sites for hydroxylation is 3. The molecule has 1 N–H and O–H groups in total. The highest BCUT2D eigenvalue weighted by Crippen LogP contribution is 2.30. The van der Waals surface area contributed by atoms with E-state index in [4.69, 9.17) is 4.74 Å². The number of nitrogens with one attached hydrogen (secondary N) is 1. The zero-order valence-corrected chi connectivity index (χ0v) is 13.6. The van der Waals surface area contributed by atoms with Crippen molar-refractivity contribution in [3.05, 3.63) is 58.7 Å². The number of hydrogen-bond donors (Lipinski definition) is 1. The van der Waals surface area contributed by atoms with Crippen LogP contribution in [0.1, 0.15) is 22.3 Å². The summed E-state index contributed by atoms with van der Waals surface area (Å²) in [5.74, 6) is 0.0912. The van der Waals surface area contributed by atoms with E-state index in [9.17, 15) is 18.0 Å². The smallest absolute Gasteiger partial charge is 0.416 e. The van der Waals surface area contributed by atoms with E-state index < -0.39 is 17.6 Å². The quantitative estimate of drug-likeness (QED) is 0.882. The zero-order valence-electron chi connectivity index (χ0n) is 13.6. The average molecular weight is 337 g/mol. The van der Waals surface area contributed by atoms with Gasteiger partial charge in [0.2, 0.25) is 0 Å². The molecule has 0 aromatic heterocycles. The lowest BCUT2D eigenvalue weighted by Crippen LogP contribution is -2.21. The number of benzene rings is 2. The molecule has 2 aromatic carbocycles. The predicted molar refractivity (Wildman–Crippen MR) is 86.2 cm³/mol. The van der Waals surface area contributed by atoms with Gasteiger partial charge in [-0.3, -0.25) is 4.79 Å². The topological polar surface area (TPSA) is 38.3 Å². The third kappa shape index (κ3) is 4.50. The summed E-state index contributed by atoms with van der Waals surface area (Å²) < 4.78 is 43.5. The lowest BCUT2D eigenvalue weighted by Gasteiger charge is -2.13. The molecule has 0 saturated heterocycles. The molecule has 0 fully saturated rings. The number of rotatable bonds is 4. The van der Waals surface area contributed by atoms with Gasteiger partial charge >= 0.3 is 6.18 Å². The molecule has 0 aliphatic heterocycles. The lowest BCUT2D eigenvalue weighted by molar-refractivity contribution is -0.137. The molecule has 2 rings (SSSR count). The molecule has 0 aliphatic rings. The Morgan fingerprint density at radius 1 is 1.08 bits per heavy atom. The molecule has 0 aliphatic carbocycles. The zero-order chi connectivity index (χ0) is 17.9. The van der Waals surface area contributed by atoms with Crippen molar-refractivity contribution >= 4 is 11.6 Å². The molecular weight excluding hydrogens is 319 g/mol. The second kappa shape index (κ2) is 6.95. The van der Waals surface area contributed by atoms with E-state index in [0.717, 1.165) is 28.8 Å². The molecule has 0 unspecified atom stereocenters. The van der Waals surface area contributed by atoms with E-state index in [1.54, 1.807) is 0 Å². The van der Waals surface area contributed by atoms with E-state index in [2.05, 4.69) is 5.32 Å². The van der Waals surface area contributed by atoms with Gasteiger partial charge in [0.15, 0.2) is 6.61 Å². The number of halogens is 3. The summed E-state index contributed by atoms with van der Waals surface area (Å²) in [6.45, 7) is 5.44. The monoisotopic (exact) mass is 337 g/mol. The van der Waals surface area contributed by atoms with Gasteiger partial charge in [0, 0.05) is 5.69 Å². The second-order valence-corrected chi connectivity index (χ2v) is 5.64. The van der Waals surface area contributed by atoms with Gasteiger partial charge < -0.3 is 10.1 Å². The number of carbonyl (C=O) groups is 1. The van der Waals surface area contributed by atoms with E-state index >= 15 is 0 Å². The van der Waals surface area contributed by atoms with Crippen molar-refractivity contribution in [1.82, 2.24) is 0 Å². The number of carbonyl (C=O) groups excluding carboxylic acids is 1. The largest absolute Gasteiger partial charge is 0.483 e. The summed E-state index contributed by atoms with van der Waals surface area (Å²) in [5.41, 5.74) is 2.16. The maximum atomic E-state index is 12.7. The minimum Gasteiger partial charge on any atom is -0.483 e. The molecule has 0 spiro atoms. The Labute approximate surface area is 138 Å². The van der Waals surface area contributed by atoms with Gasteiger partial charge in [-0.1, -0.05) is 23.8 Å². The van der Waals surface area contributed by atoms with E-state index in [1.807, 2.05) is 32.9 Å². The standard InChI is InChI=1S/C18H18F3NO2/c1-11-7-12(2)17(13(3)8-11)24-10-16(23)22-15-6-4-5-14(9-15)18(19,20)21/h4-9H,10H2,1-3H3,(H,22,23). The van der Waals surface area contributed by atoms with Crippen LogP contribution in [0.15, 0.2) is 36.4 Å². The van der Waals surface area contributed by atoms with Gasteiger partial charge in [-0.15, -0.1) is 0 Å². The summed E-state index contributed by atoms with van der Waals surface area (Å²) in [7, 11) is 0. The molecule has 6 heteroatoms. The van der Waals surface area contributed by atoms with Crippen LogP contribution in [-0.2, 0) is 11.0 Å². The fourth-order valence-corrected chi connectivity index (χ4v) is 2.50. The Balaban J connectivity index is 2.02. The Morgan fingerprint density at radius 2 is 1.71 bits per heavy atom. The third-order valence-electron chi connectivity index (χ3n) is 3.43. The van der Waals surface area contributed by atoms with Crippen molar-refractivity contribution < 1.29 is 22.7 Å². The van der Waals surface area contributed by atoms with Crippen LogP contribution in [0.4, 0.5) is 18.9 Å². The van der Waals surface area contributed by atoms with Crippen LogP contribution < -0.4 is 10.1 Å². The predicted octanol–water partition coefficient (Wildman–Crippen LogP) is 4.65. The van der Waals surface area contributed by atoms with Crippen molar-refractivity contribution in [2.45, 2.75) is 26.9 Å². The van der Waals surface area contributed by atoms with Crippen LogP contribution in [-0.4, -0.2) is 12.5 Å². The number of alkyl halides is 3. The van der Waals surface area contributed by atoms with Crippen LogP contribution in [0.25, 0.3) is 0 Å². The van der Waals surface area contributed by atoms with Gasteiger partial charge in [0.1, 0.15) is 5.75 Å². The van der Waals surface area contributed by atoms with Crippen LogP contribution in [0.3, 0.4) is 0 Å². The number of hydrogen-bond acceptors (Lipinski definition) is 2. The van der Waals surface area contributed by atoms with Crippen LogP contribution >= 0.6 is 0 Å². The van der Waals surface area contributed by atoms with Gasteiger partial charge in [0.05, 0.1) is 5.56 Å². The maximum Gasteiger partial charge on any atom is 0.416 e. The van der Waals surface area contributed by atoms with Gasteiger partial charge in [-0.25, -0.2) is 0 Å². The number of anilines is 1. The molecule has 1 amide bonds. The summed E-state index contributed by atoms with van der Waals surface area (Å²) in [6, 6.07) is 8.36. The van der Waals surface area contributed by atoms with E-state index in [1.165, 1.54) is 12.1 Å². The SMILES string of the molecule is Cc1cc(C)c(OCC(=O)Nc2cccc(C(F)(F)F)c2)c(C)c1. The van der Waals surface area contributed by atoms with Crippen molar-refractivity contribution in [2.24, 2.45) is 0 Å². The average Bonchev–Trinajstić information content (AvgIpc) is 2.45. The van der Waals surface area contributed by atoms with Gasteiger partial charge in [-0.05, 0) is 50.1 Å². The first-order valence-electron chi connectivity index (χ1n) is 7.34. The molecule has 0 atom stereocenters. The minimum atomic E-state index is -4.45. The molecule has 2 aromatic rings. The lowest BCUT2D eigenvalue weighted by atomic mass is 10.1. The molecular formula is C18H18F3NO2. The number of amides is 1. The highest BCUT2D eigenvalue weighted by molar-refractivity contribution is 5.92. The summed E-state index contributed by atoms with van der Waals surface area (Å²) >= 11 is 0. The normalized spacial score (nSPS) is 11.2. The van der Waals surface area contributed by atoms with Crippen LogP contribution in [0.5, 0.6) is 5.75 Å². The van der Waals surface area contributed by atoms with Gasteiger partial charge in [-0.2, -0.15) is 13.2 Å². The van der Waals surface area contributed by atoms with Crippen LogP contribution in [0.2, 0.25) is 0 Å². The Kier molecular flexibility index (Phi) is 5.17. The summed E-state index contributed by atoms with van der Waals surface area (Å²) in [4.78, 5) is 11.9. The highest BCUT2D eigenvalue weighted by Gasteiger charge is 2.30. The first-order chi connectivity index (χ1) is 11.2. The molecule has 0 bridgehead atoms. The van der Waals surface area contributed by atoms with Crippen molar-refractivity contribution in [1.29, 1.82) is 0 Å².